The molecule has 2 aromatic heterocycles. The molecular formula is C22H17F3N4O3. The van der Waals surface area contributed by atoms with E-state index in [0.717, 1.165) is 0 Å². The molecule has 0 unspecified atom stereocenters. The van der Waals surface area contributed by atoms with Crippen molar-refractivity contribution in [2.45, 2.75) is 6.42 Å². The summed E-state index contributed by atoms with van der Waals surface area (Å²) in [6, 6.07) is 7.61. The van der Waals surface area contributed by atoms with Gasteiger partial charge in [0.15, 0.2) is 17.5 Å². The molecule has 1 aliphatic rings. The molecule has 4 rings (SSSR count). The van der Waals surface area contributed by atoms with Crippen LogP contribution in [0.3, 0.4) is 0 Å². The Morgan fingerprint density at radius 1 is 1.06 bits per heavy atom. The highest BCUT2D eigenvalue weighted by atomic mass is 19.2. The fraction of sp³-hybridized carbons (Fsp3) is 0.182. The molecule has 0 radical (unpaired) electrons. The van der Waals surface area contributed by atoms with Gasteiger partial charge in [-0.25, -0.2) is 13.2 Å². The van der Waals surface area contributed by atoms with Gasteiger partial charge in [-0.05, 0) is 30.7 Å². The van der Waals surface area contributed by atoms with Crippen molar-refractivity contribution in [1.82, 2.24) is 14.9 Å². The molecule has 0 bridgehead atoms. The fourth-order valence-corrected chi connectivity index (χ4v) is 3.51. The van der Waals surface area contributed by atoms with Crippen LogP contribution in [0.5, 0.6) is 0 Å². The first-order valence-electron chi connectivity index (χ1n) is 9.72. The molecule has 32 heavy (non-hydrogen) atoms. The molecule has 0 spiro atoms. The van der Waals surface area contributed by atoms with Crippen molar-refractivity contribution in [3.8, 4) is 0 Å². The lowest BCUT2D eigenvalue weighted by Gasteiger charge is -2.16. The molecule has 2 amide bonds. The van der Waals surface area contributed by atoms with E-state index >= 15 is 0 Å². The van der Waals surface area contributed by atoms with Crippen molar-refractivity contribution in [2.24, 2.45) is 5.92 Å². The van der Waals surface area contributed by atoms with Gasteiger partial charge in [-0.1, -0.05) is 0 Å². The van der Waals surface area contributed by atoms with Crippen molar-refractivity contribution in [2.75, 3.05) is 18.4 Å². The predicted octanol–water partition coefficient (Wildman–Crippen LogP) is 3.16. The highest BCUT2D eigenvalue weighted by Gasteiger charge is 2.32. The minimum Gasteiger partial charge on any atom is -0.348 e. The number of carbonyl (C=O) groups excluding carboxylic acids is 3. The molecule has 1 aliphatic heterocycles. The Hall–Kier alpha value is -3.95. The maximum atomic E-state index is 13.3. The predicted molar refractivity (Wildman–Crippen MR) is 107 cm³/mol. The first-order chi connectivity index (χ1) is 15.3. The first-order valence-corrected chi connectivity index (χ1v) is 9.72. The second-order valence-corrected chi connectivity index (χ2v) is 7.34. The van der Waals surface area contributed by atoms with Crippen LogP contribution in [0.2, 0.25) is 0 Å². The van der Waals surface area contributed by atoms with Crippen molar-refractivity contribution < 1.29 is 27.6 Å². The Morgan fingerprint density at radius 2 is 1.78 bits per heavy atom. The van der Waals surface area contributed by atoms with E-state index in [4.69, 9.17) is 0 Å². The Labute approximate surface area is 180 Å². The molecule has 10 heteroatoms. The zero-order valence-corrected chi connectivity index (χ0v) is 16.6. The van der Waals surface area contributed by atoms with Crippen molar-refractivity contribution >= 4 is 23.3 Å². The van der Waals surface area contributed by atoms with E-state index in [1.165, 1.54) is 23.2 Å². The van der Waals surface area contributed by atoms with Gasteiger partial charge in [0.1, 0.15) is 5.69 Å². The minimum absolute atomic E-state index is 0.0851. The minimum atomic E-state index is -1.62. The van der Waals surface area contributed by atoms with Crippen LogP contribution in [0, 0.1) is 23.4 Å². The number of aromatic nitrogens is 2. The number of carbonyl (C=O) groups is 3. The number of hydrogen-bond donors (Lipinski definition) is 2. The quantitative estimate of drug-likeness (QED) is 0.469. The zero-order chi connectivity index (χ0) is 22.8. The summed E-state index contributed by atoms with van der Waals surface area (Å²) in [6.07, 6.45) is 3.31. The van der Waals surface area contributed by atoms with Crippen molar-refractivity contribution in [3.05, 3.63) is 83.2 Å². The van der Waals surface area contributed by atoms with Gasteiger partial charge < -0.3 is 15.2 Å². The average molecular weight is 442 g/mol. The monoisotopic (exact) mass is 442 g/mol. The number of H-pyrrole nitrogens is 1. The van der Waals surface area contributed by atoms with E-state index in [1.54, 1.807) is 18.3 Å². The molecular weight excluding hydrogens is 425 g/mol. The molecule has 1 atom stereocenters. The van der Waals surface area contributed by atoms with Gasteiger partial charge in [0.05, 0.1) is 11.6 Å². The van der Waals surface area contributed by atoms with E-state index in [1.807, 2.05) is 0 Å². The van der Waals surface area contributed by atoms with Crippen LogP contribution in [-0.4, -0.2) is 45.6 Å². The highest BCUT2D eigenvalue weighted by molar-refractivity contribution is 6.08. The summed E-state index contributed by atoms with van der Waals surface area (Å²) >= 11 is 0. The third-order valence-electron chi connectivity index (χ3n) is 5.18. The molecule has 1 saturated heterocycles. The summed E-state index contributed by atoms with van der Waals surface area (Å²) in [6.45, 7) is 0.371. The third kappa shape index (κ3) is 4.25. The SMILES string of the molecule is O=C(c1cccnc1)c1ccc(C(=O)N2CC[C@H](C(=O)Nc3cc(F)c(F)c(F)c3)C2)[nH]1. The van der Waals surface area contributed by atoms with Gasteiger partial charge in [0.2, 0.25) is 11.7 Å². The number of halogens is 3. The molecule has 1 fully saturated rings. The Bertz CT molecular complexity index is 1170. The average Bonchev–Trinajstić information content (AvgIpc) is 3.47. The van der Waals surface area contributed by atoms with Gasteiger partial charge in [-0.15, -0.1) is 0 Å². The molecule has 0 saturated carbocycles. The summed E-state index contributed by atoms with van der Waals surface area (Å²) in [5.41, 5.74) is 0.593. The van der Waals surface area contributed by atoms with E-state index in [-0.39, 0.29) is 41.9 Å². The highest BCUT2D eigenvalue weighted by Crippen LogP contribution is 2.23. The number of nitrogens with one attached hydrogen (secondary N) is 2. The lowest BCUT2D eigenvalue weighted by molar-refractivity contribution is -0.119. The maximum absolute atomic E-state index is 13.3. The first kappa shape index (κ1) is 21.3. The summed E-state index contributed by atoms with van der Waals surface area (Å²) in [5, 5.41) is 2.35. The van der Waals surface area contributed by atoms with Crippen LogP contribution >= 0.6 is 0 Å². The number of nitrogens with zero attached hydrogens (tertiary/aromatic N) is 2. The summed E-state index contributed by atoms with van der Waals surface area (Å²) in [4.78, 5) is 45.8. The summed E-state index contributed by atoms with van der Waals surface area (Å²) < 4.78 is 39.7. The van der Waals surface area contributed by atoms with E-state index < -0.39 is 29.3 Å². The Kier molecular flexibility index (Phi) is 5.76. The van der Waals surface area contributed by atoms with E-state index in [2.05, 4.69) is 15.3 Å². The molecule has 2 N–H and O–H groups in total. The number of likely N-dealkylation sites (tertiary alicyclic amines) is 1. The van der Waals surface area contributed by atoms with Crippen LogP contribution < -0.4 is 5.32 Å². The van der Waals surface area contributed by atoms with Gasteiger partial charge in [0, 0.05) is 48.9 Å². The van der Waals surface area contributed by atoms with Gasteiger partial charge >= 0.3 is 0 Å². The molecule has 3 heterocycles. The lowest BCUT2D eigenvalue weighted by Crippen LogP contribution is -2.31. The maximum Gasteiger partial charge on any atom is 0.270 e. The Balaban J connectivity index is 1.39. The van der Waals surface area contributed by atoms with E-state index in [0.29, 0.717) is 24.1 Å². The van der Waals surface area contributed by atoms with Crippen molar-refractivity contribution in [3.63, 3.8) is 0 Å². The molecule has 1 aromatic carbocycles. The largest absolute Gasteiger partial charge is 0.348 e. The molecule has 3 aromatic rings. The van der Waals surface area contributed by atoms with Crippen LogP contribution in [0.4, 0.5) is 18.9 Å². The summed E-state index contributed by atoms with van der Waals surface area (Å²) in [7, 11) is 0. The van der Waals surface area contributed by atoms with Gasteiger partial charge in [-0.2, -0.15) is 0 Å². The number of benzene rings is 1. The molecule has 0 aliphatic carbocycles. The molecule has 164 valence electrons. The fourth-order valence-electron chi connectivity index (χ4n) is 3.51. The topological polar surface area (TPSA) is 95.2 Å². The zero-order valence-electron chi connectivity index (χ0n) is 16.6. The van der Waals surface area contributed by atoms with Crippen molar-refractivity contribution in [1.29, 1.82) is 0 Å². The van der Waals surface area contributed by atoms with Crippen LogP contribution in [0.15, 0.2) is 48.8 Å². The standard InChI is InChI=1S/C22H17F3N4O3/c23-15-8-14(9-16(24)19(15)25)27-21(31)13-5-7-29(11-13)22(32)18-4-3-17(28-18)20(30)12-2-1-6-26-10-12/h1-4,6,8-10,13,28H,5,7,11H2,(H,27,31)/t13-/m0/s1. The second kappa shape index (κ2) is 8.66. The normalized spacial score (nSPS) is 15.6. The number of ketones is 1. The Morgan fingerprint density at radius 3 is 2.47 bits per heavy atom. The number of amides is 2. The third-order valence-corrected chi connectivity index (χ3v) is 5.18. The van der Waals surface area contributed by atoms with E-state index in [9.17, 15) is 27.6 Å². The van der Waals surface area contributed by atoms with Crippen LogP contribution in [0.25, 0.3) is 0 Å². The van der Waals surface area contributed by atoms with Crippen LogP contribution in [-0.2, 0) is 4.79 Å². The number of hydrogen-bond acceptors (Lipinski definition) is 4. The number of anilines is 1. The smallest absolute Gasteiger partial charge is 0.270 e. The number of rotatable bonds is 5. The van der Waals surface area contributed by atoms with Gasteiger partial charge in [-0.3, -0.25) is 19.4 Å². The number of pyridine rings is 1. The van der Waals surface area contributed by atoms with Crippen LogP contribution in [0.1, 0.15) is 33.0 Å². The second-order valence-electron chi connectivity index (χ2n) is 7.34. The lowest BCUT2D eigenvalue weighted by atomic mass is 10.1. The molecule has 7 nitrogen and oxygen atoms in total. The number of aromatic amines is 1. The van der Waals surface area contributed by atoms with Gasteiger partial charge in [0.25, 0.3) is 5.91 Å². The summed E-state index contributed by atoms with van der Waals surface area (Å²) in [5.74, 6) is -6.28.